The number of anilines is 2. The van der Waals surface area contributed by atoms with Crippen LogP contribution in [0.4, 0.5) is 15.8 Å². The number of carbonyl (C=O) groups excluding carboxylic acids is 2. The summed E-state index contributed by atoms with van der Waals surface area (Å²) >= 11 is 0. The fourth-order valence-electron chi connectivity index (χ4n) is 5.09. The third kappa shape index (κ3) is 7.62. The normalized spacial score (nSPS) is 13.5. The Balaban J connectivity index is 1.23. The third-order valence-electron chi connectivity index (χ3n) is 7.38. The van der Waals surface area contributed by atoms with Crippen LogP contribution in [-0.2, 0) is 11.0 Å². The van der Waals surface area contributed by atoms with Crippen LogP contribution >= 0.6 is 0 Å². The molecule has 3 N–H and O–H groups in total. The molecule has 1 saturated heterocycles. The van der Waals surface area contributed by atoms with Crippen molar-refractivity contribution >= 4 is 34.2 Å². The van der Waals surface area contributed by atoms with Crippen molar-refractivity contribution in [3.05, 3.63) is 108 Å². The molecule has 2 amide bonds. The quantitative estimate of drug-likeness (QED) is 0.177. The van der Waals surface area contributed by atoms with Crippen molar-refractivity contribution < 1.29 is 22.9 Å². The SMILES string of the molecule is COc1ccc(-c2cccc(C(=O)N3CCCCC3)c2)cc1S(=O)Nc1cccc(NCCNC(=O)c2ccccc2F)c1. The Hall–Kier alpha value is -4.70. The first kappa shape index (κ1) is 30.7. The van der Waals surface area contributed by atoms with E-state index in [1.165, 1.54) is 25.3 Å². The molecule has 8 nitrogen and oxygen atoms in total. The van der Waals surface area contributed by atoms with Crippen LogP contribution in [0, 0.1) is 5.82 Å². The minimum atomic E-state index is -1.66. The fourth-order valence-corrected chi connectivity index (χ4v) is 6.11. The predicted octanol–water partition coefficient (Wildman–Crippen LogP) is 6.10. The molecule has 4 aromatic carbocycles. The zero-order chi connectivity index (χ0) is 30.9. The van der Waals surface area contributed by atoms with Crippen LogP contribution in [-0.4, -0.2) is 54.2 Å². The Morgan fingerprint density at radius 2 is 1.59 bits per heavy atom. The van der Waals surface area contributed by atoms with Gasteiger partial charge in [0.05, 0.1) is 12.7 Å². The number of methoxy groups -OCH3 is 1. The molecule has 1 atom stereocenters. The number of likely N-dealkylation sites (tertiary alicyclic amines) is 1. The van der Waals surface area contributed by atoms with Crippen molar-refractivity contribution in [3.8, 4) is 16.9 Å². The first-order valence-corrected chi connectivity index (χ1v) is 15.7. The largest absolute Gasteiger partial charge is 0.495 e. The maximum absolute atomic E-state index is 13.8. The topological polar surface area (TPSA) is 99.8 Å². The van der Waals surface area contributed by atoms with E-state index < -0.39 is 22.7 Å². The number of nitrogens with zero attached hydrogens (tertiary/aromatic N) is 1. The van der Waals surface area contributed by atoms with Crippen molar-refractivity contribution in [2.75, 3.05) is 43.3 Å². The van der Waals surface area contributed by atoms with Gasteiger partial charge in [0.1, 0.15) is 16.5 Å². The van der Waals surface area contributed by atoms with Crippen LogP contribution in [0.5, 0.6) is 5.75 Å². The monoisotopic (exact) mass is 614 g/mol. The number of amides is 2. The van der Waals surface area contributed by atoms with Crippen molar-refractivity contribution in [2.45, 2.75) is 24.2 Å². The molecule has 5 rings (SSSR count). The van der Waals surface area contributed by atoms with Gasteiger partial charge < -0.3 is 25.0 Å². The van der Waals surface area contributed by atoms with Crippen LogP contribution in [0.3, 0.4) is 0 Å². The molecule has 228 valence electrons. The minimum Gasteiger partial charge on any atom is -0.495 e. The molecule has 1 aliphatic rings. The fraction of sp³-hybridized carbons (Fsp3) is 0.235. The van der Waals surface area contributed by atoms with E-state index in [0.29, 0.717) is 28.4 Å². The van der Waals surface area contributed by atoms with Crippen LogP contribution in [0.2, 0.25) is 0 Å². The second-order valence-corrected chi connectivity index (χ2v) is 11.6. The minimum absolute atomic E-state index is 0.000630. The number of piperidine rings is 1. The van der Waals surface area contributed by atoms with Crippen molar-refractivity contribution in [1.82, 2.24) is 10.2 Å². The van der Waals surface area contributed by atoms with Gasteiger partial charge in [-0.2, -0.15) is 0 Å². The van der Waals surface area contributed by atoms with E-state index in [0.717, 1.165) is 49.2 Å². The molecule has 0 saturated carbocycles. The second-order valence-electron chi connectivity index (χ2n) is 10.4. The van der Waals surface area contributed by atoms with Gasteiger partial charge in [-0.05, 0) is 85.0 Å². The van der Waals surface area contributed by atoms with E-state index in [9.17, 15) is 18.2 Å². The summed E-state index contributed by atoms with van der Waals surface area (Å²) in [5, 5.41) is 5.90. The molecule has 0 aliphatic carbocycles. The van der Waals surface area contributed by atoms with E-state index in [4.69, 9.17) is 4.74 Å². The molecule has 10 heteroatoms. The predicted molar refractivity (Wildman–Crippen MR) is 172 cm³/mol. The summed E-state index contributed by atoms with van der Waals surface area (Å²) in [7, 11) is -0.133. The van der Waals surface area contributed by atoms with Crippen LogP contribution in [0.1, 0.15) is 40.0 Å². The average molecular weight is 615 g/mol. The smallest absolute Gasteiger partial charge is 0.254 e. The van der Waals surface area contributed by atoms with E-state index >= 15 is 0 Å². The molecule has 0 radical (unpaired) electrons. The summed E-state index contributed by atoms with van der Waals surface area (Å²) < 4.78 is 35.9. The number of hydrogen-bond acceptors (Lipinski definition) is 5. The zero-order valence-corrected chi connectivity index (χ0v) is 25.3. The highest BCUT2D eigenvalue weighted by molar-refractivity contribution is 7.86. The number of halogens is 1. The van der Waals surface area contributed by atoms with E-state index in [1.807, 2.05) is 59.5 Å². The van der Waals surface area contributed by atoms with Crippen LogP contribution < -0.4 is 20.1 Å². The van der Waals surface area contributed by atoms with Gasteiger partial charge in [-0.3, -0.25) is 9.59 Å². The Morgan fingerprint density at radius 3 is 2.39 bits per heavy atom. The maximum atomic E-state index is 13.8. The van der Waals surface area contributed by atoms with Crippen molar-refractivity contribution in [1.29, 1.82) is 0 Å². The lowest BCUT2D eigenvalue weighted by Crippen LogP contribution is -2.35. The van der Waals surface area contributed by atoms with E-state index in [-0.39, 0.29) is 18.0 Å². The van der Waals surface area contributed by atoms with Gasteiger partial charge in [-0.15, -0.1) is 0 Å². The molecular formula is C34H35FN4O4S. The van der Waals surface area contributed by atoms with Gasteiger partial charge in [0, 0.05) is 43.1 Å². The summed E-state index contributed by atoms with van der Waals surface area (Å²) in [4.78, 5) is 27.7. The first-order valence-electron chi connectivity index (χ1n) is 14.6. The summed E-state index contributed by atoms with van der Waals surface area (Å²) in [5.41, 5.74) is 3.67. The highest BCUT2D eigenvalue weighted by Crippen LogP contribution is 2.31. The Kier molecular flexibility index (Phi) is 10.2. The Morgan fingerprint density at radius 1 is 0.841 bits per heavy atom. The molecule has 4 aromatic rings. The maximum Gasteiger partial charge on any atom is 0.254 e. The summed E-state index contributed by atoms with van der Waals surface area (Å²) in [6, 6.07) is 26.1. The highest BCUT2D eigenvalue weighted by Gasteiger charge is 2.19. The molecule has 44 heavy (non-hydrogen) atoms. The number of hydrogen-bond donors (Lipinski definition) is 3. The third-order valence-corrected chi connectivity index (χ3v) is 8.52. The van der Waals surface area contributed by atoms with Gasteiger partial charge in [0.2, 0.25) is 0 Å². The number of rotatable bonds is 11. The van der Waals surface area contributed by atoms with Gasteiger partial charge in [0.15, 0.2) is 11.0 Å². The van der Waals surface area contributed by atoms with Gasteiger partial charge >= 0.3 is 0 Å². The molecule has 1 heterocycles. The average Bonchev–Trinajstić information content (AvgIpc) is 3.06. The van der Waals surface area contributed by atoms with Gasteiger partial charge in [-0.25, -0.2) is 8.60 Å². The summed E-state index contributed by atoms with van der Waals surface area (Å²) in [5.74, 6) is -0.540. The van der Waals surface area contributed by atoms with Crippen molar-refractivity contribution in [2.24, 2.45) is 0 Å². The highest BCUT2D eigenvalue weighted by atomic mass is 32.2. The number of ether oxygens (including phenoxy) is 1. The van der Waals surface area contributed by atoms with E-state index in [1.54, 1.807) is 18.2 Å². The van der Waals surface area contributed by atoms with Gasteiger partial charge in [0.25, 0.3) is 11.8 Å². The zero-order valence-electron chi connectivity index (χ0n) is 24.5. The lowest BCUT2D eigenvalue weighted by Gasteiger charge is -2.26. The second kappa shape index (κ2) is 14.7. The van der Waals surface area contributed by atoms with E-state index in [2.05, 4.69) is 15.4 Å². The Bertz CT molecular complexity index is 1660. The summed E-state index contributed by atoms with van der Waals surface area (Å²) in [6.07, 6.45) is 3.21. The number of nitrogens with one attached hydrogen (secondary N) is 3. The van der Waals surface area contributed by atoms with Crippen molar-refractivity contribution in [3.63, 3.8) is 0 Å². The molecule has 0 aromatic heterocycles. The molecule has 1 fully saturated rings. The Labute approximate surface area is 259 Å². The number of carbonyl (C=O) groups is 2. The molecular weight excluding hydrogens is 579 g/mol. The number of benzene rings is 4. The molecule has 1 aliphatic heterocycles. The molecule has 0 spiro atoms. The van der Waals surface area contributed by atoms with Crippen LogP contribution in [0.15, 0.2) is 95.9 Å². The molecule has 0 bridgehead atoms. The van der Waals surface area contributed by atoms with Crippen LogP contribution in [0.25, 0.3) is 11.1 Å². The first-order chi connectivity index (χ1) is 21.4. The summed E-state index contributed by atoms with van der Waals surface area (Å²) in [6.45, 7) is 2.25. The lowest BCUT2D eigenvalue weighted by atomic mass is 10.0. The lowest BCUT2D eigenvalue weighted by molar-refractivity contribution is 0.0724. The van der Waals surface area contributed by atoms with Gasteiger partial charge in [-0.1, -0.05) is 36.4 Å². The molecule has 1 unspecified atom stereocenters. The standard InChI is InChI=1S/C34H35FN4O4S/c1-43-31-16-15-25(24-9-7-10-26(21-24)34(41)39-19-5-2-6-20-39)22-32(31)44(42)38-28-12-8-11-27(23-28)36-17-18-37-33(40)29-13-3-4-14-30(29)35/h3-4,7-16,21-23,36,38H,2,5-6,17-20H2,1H3,(H,37,40).